The summed E-state index contributed by atoms with van der Waals surface area (Å²) in [6.45, 7) is 4.14. The van der Waals surface area contributed by atoms with E-state index in [1.54, 1.807) is 42.7 Å². The Bertz CT molecular complexity index is 1420. The zero-order chi connectivity index (χ0) is 26.4. The number of carbonyl (C=O) groups is 2. The van der Waals surface area contributed by atoms with E-state index in [0.717, 1.165) is 22.8 Å². The van der Waals surface area contributed by atoms with Crippen LogP contribution in [0.4, 0.5) is 15.8 Å². The molecule has 0 bridgehead atoms. The number of carbonyl (C=O) groups excluding carboxylic acids is 2. The van der Waals surface area contributed by atoms with Crippen LogP contribution >= 0.6 is 0 Å². The highest BCUT2D eigenvalue weighted by molar-refractivity contribution is 6.07. The largest absolute Gasteiger partial charge is 0.495 e. The van der Waals surface area contributed by atoms with Gasteiger partial charge in [0.25, 0.3) is 11.8 Å². The molecule has 2 amide bonds. The molecule has 0 aliphatic heterocycles. The molecule has 37 heavy (non-hydrogen) atoms. The fourth-order valence-electron chi connectivity index (χ4n) is 3.86. The van der Waals surface area contributed by atoms with Crippen LogP contribution in [0.1, 0.15) is 37.4 Å². The van der Waals surface area contributed by atoms with Crippen LogP contribution in [-0.2, 0) is 6.61 Å². The number of hydrogen-bond donors (Lipinski definition) is 2. The van der Waals surface area contributed by atoms with Crippen molar-refractivity contribution in [3.63, 3.8) is 0 Å². The molecule has 0 unspecified atom stereocenters. The van der Waals surface area contributed by atoms with Gasteiger partial charge in [0.05, 0.1) is 12.8 Å². The lowest BCUT2D eigenvalue weighted by Gasteiger charge is -2.15. The van der Waals surface area contributed by atoms with Crippen molar-refractivity contribution < 1.29 is 23.5 Å². The number of halogens is 1. The third kappa shape index (κ3) is 6.29. The molecule has 0 saturated heterocycles. The number of aryl methyl sites for hydroxylation is 2. The van der Waals surface area contributed by atoms with E-state index < -0.39 is 11.7 Å². The fraction of sp³-hybridized carbons (Fsp3) is 0.138. The van der Waals surface area contributed by atoms with Crippen LogP contribution in [0.2, 0.25) is 0 Å². The number of aromatic nitrogens is 1. The van der Waals surface area contributed by atoms with Crippen LogP contribution in [-0.4, -0.2) is 23.9 Å². The second-order valence-corrected chi connectivity index (χ2v) is 8.42. The Morgan fingerprint density at radius 1 is 0.892 bits per heavy atom. The Morgan fingerprint density at radius 3 is 2.32 bits per heavy atom. The molecule has 0 radical (unpaired) electrons. The fourth-order valence-corrected chi connectivity index (χ4v) is 3.86. The van der Waals surface area contributed by atoms with Crippen molar-refractivity contribution in [2.75, 3.05) is 17.7 Å². The lowest BCUT2D eigenvalue weighted by atomic mass is 10.0. The van der Waals surface area contributed by atoms with Gasteiger partial charge in [0.1, 0.15) is 23.9 Å². The van der Waals surface area contributed by atoms with Gasteiger partial charge in [-0.3, -0.25) is 14.6 Å². The molecule has 2 N–H and O–H groups in total. The molecule has 0 aliphatic carbocycles. The normalized spacial score (nSPS) is 10.5. The van der Waals surface area contributed by atoms with Gasteiger partial charge in [-0.2, -0.15) is 0 Å². The SMILES string of the molecule is COc1ccc(NC(=O)c2cc(C)c(OCc3cccnc3)c(C)c2)cc1NC(=O)c1cccc(F)c1. The monoisotopic (exact) mass is 499 g/mol. The van der Waals surface area contributed by atoms with Crippen LogP contribution in [0.3, 0.4) is 0 Å². The van der Waals surface area contributed by atoms with Crippen molar-refractivity contribution in [3.8, 4) is 11.5 Å². The summed E-state index contributed by atoms with van der Waals surface area (Å²) < 4.78 is 24.8. The Morgan fingerprint density at radius 2 is 1.65 bits per heavy atom. The molecule has 0 saturated carbocycles. The predicted molar refractivity (Wildman–Crippen MR) is 140 cm³/mol. The average molecular weight is 500 g/mol. The van der Waals surface area contributed by atoms with Gasteiger partial charge in [0.2, 0.25) is 0 Å². The van der Waals surface area contributed by atoms with Gasteiger partial charge in [0.15, 0.2) is 0 Å². The first-order valence-corrected chi connectivity index (χ1v) is 11.5. The first kappa shape index (κ1) is 25.4. The lowest BCUT2D eigenvalue weighted by Crippen LogP contribution is -2.15. The van der Waals surface area contributed by atoms with Gasteiger partial charge in [0, 0.05) is 34.8 Å². The number of nitrogens with one attached hydrogen (secondary N) is 2. The minimum atomic E-state index is -0.514. The van der Waals surface area contributed by atoms with Crippen LogP contribution in [0.15, 0.2) is 79.1 Å². The number of rotatable bonds is 8. The summed E-state index contributed by atoms with van der Waals surface area (Å²) in [5.74, 6) is -0.233. The molecule has 188 valence electrons. The number of nitrogens with zero attached hydrogens (tertiary/aromatic N) is 1. The minimum Gasteiger partial charge on any atom is -0.495 e. The van der Waals surface area contributed by atoms with Crippen molar-refractivity contribution in [3.05, 3.63) is 113 Å². The van der Waals surface area contributed by atoms with E-state index in [1.807, 2.05) is 26.0 Å². The Balaban J connectivity index is 1.49. The summed E-state index contributed by atoms with van der Waals surface area (Å²) in [6, 6.07) is 17.5. The summed E-state index contributed by atoms with van der Waals surface area (Å²) in [5.41, 5.74) is 4.01. The molecule has 7 nitrogen and oxygen atoms in total. The van der Waals surface area contributed by atoms with Gasteiger partial charge in [-0.15, -0.1) is 0 Å². The number of hydrogen-bond acceptors (Lipinski definition) is 5. The van der Waals surface area contributed by atoms with E-state index in [1.165, 1.54) is 25.3 Å². The molecule has 0 fully saturated rings. The molecular formula is C29H26FN3O4. The molecule has 8 heteroatoms. The van der Waals surface area contributed by atoms with Gasteiger partial charge < -0.3 is 20.1 Å². The third-order valence-electron chi connectivity index (χ3n) is 5.62. The molecule has 3 aromatic carbocycles. The summed E-state index contributed by atoms with van der Waals surface area (Å²) in [4.78, 5) is 29.7. The molecule has 0 spiro atoms. The van der Waals surface area contributed by atoms with Crippen LogP contribution in [0, 0.1) is 19.7 Å². The maximum Gasteiger partial charge on any atom is 0.255 e. The zero-order valence-electron chi connectivity index (χ0n) is 20.7. The molecule has 1 heterocycles. The van der Waals surface area contributed by atoms with Gasteiger partial charge in [-0.25, -0.2) is 4.39 Å². The van der Waals surface area contributed by atoms with Gasteiger partial charge in [-0.05, 0) is 79.6 Å². The van der Waals surface area contributed by atoms with Crippen molar-refractivity contribution in [2.45, 2.75) is 20.5 Å². The standard InChI is InChI=1S/C29H26FN3O4/c1-18-12-22(13-19(2)27(18)37-17-20-6-5-11-31-16-20)29(35)32-24-9-10-26(36-3)25(15-24)33-28(34)21-7-4-8-23(30)14-21/h4-16H,17H2,1-3H3,(H,32,35)(H,33,34). The number of pyridine rings is 1. The number of amides is 2. The van der Waals surface area contributed by atoms with Gasteiger partial charge in [-0.1, -0.05) is 12.1 Å². The first-order chi connectivity index (χ1) is 17.8. The summed E-state index contributed by atoms with van der Waals surface area (Å²) in [5, 5.41) is 5.56. The van der Waals surface area contributed by atoms with Crippen LogP contribution in [0.25, 0.3) is 0 Å². The van der Waals surface area contributed by atoms with E-state index in [2.05, 4.69) is 15.6 Å². The molecule has 4 aromatic rings. The molecular weight excluding hydrogens is 473 g/mol. The van der Waals surface area contributed by atoms with Gasteiger partial charge >= 0.3 is 0 Å². The molecule has 4 rings (SSSR count). The molecule has 1 aromatic heterocycles. The first-order valence-electron chi connectivity index (χ1n) is 11.5. The second kappa shape index (κ2) is 11.3. The van der Waals surface area contributed by atoms with E-state index >= 15 is 0 Å². The number of benzene rings is 3. The average Bonchev–Trinajstić information content (AvgIpc) is 2.89. The minimum absolute atomic E-state index is 0.160. The van der Waals surface area contributed by atoms with Crippen LogP contribution < -0.4 is 20.1 Å². The predicted octanol–water partition coefficient (Wildman–Crippen LogP) is 5.93. The Kier molecular flexibility index (Phi) is 7.78. The highest BCUT2D eigenvalue weighted by Crippen LogP contribution is 2.30. The lowest BCUT2D eigenvalue weighted by molar-refractivity contribution is 0.101. The Hall–Kier alpha value is -4.72. The Labute approximate surface area is 214 Å². The van der Waals surface area contributed by atoms with E-state index in [9.17, 15) is 14.0 Å². The maximum absolute atomic E-state index is 13.5. The highest BCUT2D eigenvalue weighted by atomic mass is 19.1. The highest BCUT2D eigenvalue weighted by Gasteiger charge is 2.15. The smallest absolute Gasteiger partial charge is 0.255 e. The molecule has 0 aliphatic rings. The summed E-state index contributed by atoms with van der Waals surface area (Å²) in [7, 11) is 1.47. The summed E-state index contributed by atoms with van der Waals surface area (Å²) in [6.07, 6.45) is 3.45. The number of ether oxygens (including phenoxy) is 2. The van der Waals surface area contributed by atoms with E-state index in [4.69, 9.17) is 9.47 Å². The summed E-state index contributed by atoms with van der Waals surface area (Å²) >= 11 is 0. The van der Waals surface area contributed by atoms with E-state index in [-0.39, 0.29) is 11.5 Å². The van der Waals surface area contributed by atoms with Crippen molar-refractivity contribution >= 4 is 23.2 Å². The quantitative estimate of drug-likeness (QED) is 0.314. The third-order valence-corrected chi connectivity index (χ3v) is 5.62. The maximum atomic E-state index is 13.5. The van der Waals surface area contributed by atoms with Crippen molar-refractivity contribution in [1.29, 1.82) is 0 Å². The number of methoxy groups -OCH3 is 1. The number of anilines is 2. The zero-order valence-corrected chi connectivity index (χ0v) is 20.7. The topological polar surface area (TPSA) is 89.6 Å². The molecule has 0 atom stereocenters. The van der Waals surface area contributed by atoms with Crippen molar-refractivity contribution in [1.82, 2.24) is 4.98 Å². The second-order valence-electron chi connectivity index (χ2n) is 8.42. The van der Waals surface area contributed by atoms with Crippen LogP contribution in [0.5, 0.6) is 11.5 Å². The van der Waals surface area contributed by atoms with E-state index in [0.29, 0.717) is 35.0 Å². The van der Waals surface area contributed by atoms with Crippen molar-refractivity contribution in [2.24, 2.45) is 0 Å².